The van der Waals surface area contributed by atoms with E-state index in [1.807, 2.05) is 6.92 Å². The van der Waals surface area contributed by atoms with E-state index in [4.69, 9.17) is 0 Å². The normalized spacial score (nSPS) is 10.4. The molecule has 0 unspecified atom stereocenters. The minimum atomic E-state index is -0.257. The minimum absolute atomic E-state index is 0.139. The number of rotatable bonds is 5. The zero-order valence-corrected chi connectivity index (χ0v) is 11.9. The Labute approximate surface area is 118 Å². The third-order valence-corrected chi connectivity index (χ3v) is 4.00. The van der Waals surface area contributed by atoms with Crippen LogP contribution in [-0.2, 0) is 4.79 Å². The van der Waals surface area contributed by atoms with Gasteiger partial charge < -0.3 is 5.32 Å². The number of nitrogens with one attached hydrogen (secondary N) is 1. The monoisotopic (exact) mass is 297 g/mol. The maximum atomic E-state index is 13.3. The van der Waals surface area contributed by atoms with Crippen LogP contribution in [0.4, 0.5) is 9.52 Å². The van der Waals surface area contributed by atoms with Gasteiger partial charge in [0.1, 0.15) is 10.8 Å². The molecule has 4 nitrogen and oxygen atoms in total. The number of carbonyl (C=O) groups excluding carboxylic acids is 1. The Kier molecular flexibility index (Phi) is 4.86. The Morgan fingerprint density at radius 2 is 2.21 bits per heavy atom. The van der Waals surface area contributed by atoms with Gasteiger partial charge in [0.25, 0.3) is 0 Å². The summed E-state index contributed by atoms with van der Waals surface area (Å²) in [5.41, 5.74) is 0. The van der Waals surface area contributed by atoms with Crippen LogP contribution in [0, 0.1) is 12.7 Å². The first-order valence-corrected chi connectivity index (χ1v) is 7.42. The Morgan fingerprint density at radius 1 is 1.42 bits per heavy atom. The molecule has 1 heterocycles. The van der Waals surface area contributed by atoms with Gasteiger partial charge in [0.05, 0.1) is 0 Å². The predicted molar refractivity (Wildman–Crippen MR) is 75.0 cm³/mol. The number of amides is 1. The molecule has 0 spiro atoms. The zero-order chi connectivity index (χ0) is 13.7. The van der Waals surface area contributed by atoms with Crippen molar-refractivity contribution in [2.75, 3.05) is 11.1 Å². The lowest BCUT2D eigenvalue weighted by Crippen LogP contribution is -2.11. The van der Waals surface area contributed by atoms with Crippen molar-refractivity contribution in [2.24, 2.45) is 0 Å². The van der Waals surface area contributed by atoms with Gasteiger partial charge in [0.15, 0.2) is 0 Å². The SMILES string of the molecule is Cc1nnc(NC(=O)CCSc2ccccc2F)s1. The summed E-state index contributed by atoms with van der Waals surface area (Å²) >= 11 is 2.65. The van der Waals surface area contributed by atoms with Crippen molar-refractivity contribution in [2.45, 2.75) is 18.2 Å². The summed E-state index contributed by atoms with van der Waals surface area (Å²) < 4.78 is 13.3. The van der Waals surface area contributed by atoms with Crippen LogP contribution in [-0.4, -0.2) is 21.9 Å². The van der Waals surface area contributed by atoms with Crippen LogP contribution in [0.2, 0.25) is 0 Å². The van der Waals surface area contributed by atoms with Crippen LogP contribution in [0.3, 0.4) is 0 Å². The van der Waals surface area contributed by atoms with Crippen LogP contribution in [0.15, 0.2) is 29.2 Å². The van der Waals surface area contributed by atoms with Crippen molar-refractivity contribution < 1.29 is 9.18 Å². The fourth-order valence-electron chi connectivity index (χ4n) is 1.34. The Hall–Kier alpha value is -1.47. The van der Waals surface area contributed by atoms with E-state index >= 15 is 0 Å². The van der Waals surface area contributed by atoms with Crippen molar-refractivity contribution in [3.8, 4) is 0 Å². The highest BCUT2D eigenvalue weighted by molar-refractivity contribution is 7.99. The molecule has 1 aromatic heterocycles. The van der Waals surface area contributed by atoms with Gasteiger partial charge in [-0.1, -0.05) is 23.5 Å². The Bertz CT molecular complexity index is 574. The van der Waals surface area contributed by atoms with Crippen molar-refractivity contribution in [1.29, 1.82) is 0 Å². The average molecular weight is 297 g/mol. The Balaban J connectivity index is 1.77. The first kappa shape index (κ1) is 14.0. The summed E-state index contributed by atoms with van der Waals surface area (Å²) in [5.74, 6) is 0.123. The van der Waals surface area contributed by atoms with Crippen molar-refractivity contribution in [3.05, 3.63) is 35.1 Å². The summed E-state index contributed by atoms with van der Waals surface area (Å²) in [6.07, 6.45) is 0.303. The molecule has 0 bridgehead atoms. The fraction of sp³-hybridized carbons (Fsp3) is 0.250. The number of hydrogen-bond acceptors (Lipinski definition) is 5. The first-order chi connectivity index (χ1) is 9.15. The molecule has 100 valence electrons. The number of hydrogen-bond donors (Lipinski definition) is 1. The number of thioether (sulfide) groups is 1. The third kappa shape index (κ3) is 4.29. The number of aryl methyl sites for hydroxylation is 1. The molecule has 2 rings (SSSR count). The number of aromatic nitrogens is 2. The molecule has 19 heavy (non-hydrogen) atoms. The van der Waals surface area contributed by atoms with Crippen LogP contribution >= 0.6 is 23.1 Å². The number of benzene rings is 1. The largest absolute Gasteiger partial charge is 0.301 e. The number of nitrogens with zero attached hydrogens (tertiary/aromatic N) is 2. The standard InChI is InChI=1S/C12H12FN3OS2/c1-8-15-16-12(19-8)14-11(17)6-7-18-10-5-3-2-4-9(10)13/h2-5H,6-7H2,1H3,(H,14,16,17). The third-order valence-electron chi connectivity index (χ3n) is 2.20. The number of halogens is 1. The summed E-state index contributed by atoms with van der Waals surface area (Å²) in [5, 5.41) is 11.6. The second-order valence-electron chi connectivity index (χ2n) is 3.70. The van der Waals surface area contributed by atoms with Crippen molar-refractivity contribution in [1.82, 2.24) is 10.2 Å². The van der Waals surface area contributed by atoms with E-state index < -0.39 is 0 Å². The molecule has 0 aliphatic heterocycles. The van der Waals surface area contributed by atoms with E-state index in [1.54, 1.807) is 18.2 Å². The summed E-state index contributed by atoms with van der Waals surface area (Å²) in [4.78, 5) is 12.2. The molecule has 1 aromatic carbocycles. The lowest BCUT2D eigenvalue weighted by atomic mass is 10.3. The molecule has 0 radical (unpaired) electrons. The molecule has 0 saturated heterocycles. The highest BCUT2D eigenvalue weighted by atomic mass is 32.2. The smallest absolute Gasteiger partial charge is 0.227 e. The lowest BCUT2D eigenvalue weighted by molar-refractivity contribution is -0.115. The van der Waals surface area contributed by atoms with E-state index in [-0.39, 0.29) is 11.7 Å². The maximum absolute atomic E-state index is 13.3. The van der Waals surface area contributed by atoms with E-state index in [2.05, 4.69) is 15.5 Å². The van der Waals surface area contributed by atoms with Crippen LogP contribution in [0.1, 0.15) is 11.4 Å². The number of carbonyl (C=O) groups is 1. The van der Waals surface area contributed by atoms with E-state index in [0.717, 1.165) is 5.01 Å². The molecule has 0 saturated carbocycles. The molecule has 0 atom stereocenters. The van der Waals surface area contributed by atoms with Crippen LogP contribution < -0.4 is 5.32 Å². The van der Waals surface area contributed by atoms with Gasteiger partial charge in [-0.3, -0.25) is 4.79 Å². The van der Waals surface area contributed by atoms with Crippen LogP contribution in [0.5, 0.6) is 0 Å². The van der Waals surface area contributed by atoms with E-state index in [0.29, 0.717) is 22.2 Å². The first-order valence-electron chi connectivity index (χ1n) is 5.62. The molecule has 2 aromatic rings. The molecular weight excluding hydrogens is 285 g/mol. The minimum Gasteiger partial charge on any atom is -0.301 e. The van der Waals surface area contributed by atoms with Crippen molar-refractivity contribution in [3.63, 3.8) is 0 Å². The molecule has 1 amide bonds. The molecule has 7 heteroatoms. The lowest BCUT2D eigenvalue weighted by Gasteiger charge is -2.03. The molecule has 0 aliphatic rings. The van der Waals surface area contributed by atoms with Crippen LogP contribution in [0.25, 0.3) is 0 Å². The molecule has 0 fully saturated rings. The second kappa shape index (κ2) is 6.63. The summed E-state index contributed by atoms with van der Waals surface area (Å²) in [7, 11) is 0. The van der Waals surface area contributed by atoms with E-state index in [1.165, 1.54) is 29.2 Å². The van der Waals surface area contributed by atoms with Gasteiger partial charge in [-0.05, 0) is 19.1 Å². The van der Waals surface area contributed by atoms with Crippen molar-refractivity contribution >= 4 is 34.1 Å². The summed E-state index contributed by atoms with van der Waals surface area (Å²) in [6.45, 7) is 1.82. The maximum Gasteiger partial charge on any atom is 0.227 e. The second-order valence-corrected chi connectivity index (χ2v) is 6.02. The topological polar surface area (TPSA) is 54.9 Å². The van der Waals surface area contributed by atoms with Gasteiger partial charge in [0.2, 0.25) is 11.0 Å². The van der Waals surface area contributed by atoms with Gasteiger partial charge in [-0.15, -0.1) is 22.0 Å². The quantitative estimate of drug-likeness (QED) is 0.862. The summed E-state index contributed by atoms with van der Waals surface area (Å²) in [6, 6.07) is 6.53. The molecule has 0 aliphatic carbocycles. The highest BCUT2D eigenvalue weighted by Gasteiger charge is 2.07. The molecule has 1 N–H and O–H groups in total. The fourth-order valence-corrected chi connectivity index (χ4v) is 2.84. The van der Waals surface area contributed by atoms with Gasteiger partial charge in [-0.2, -0.15) is 0 Å². The Morgan fingerprint density at radius 3 is 2.89 bits per heavy atom. The van der Waals surface area contributed by atoms with Gasteiger partial charge >= 0.3 is 0 Å². The van der Waals surface area contributed by atoms with Gasteiger partial charge in [-0.25, -0.2) is 4.39 Å². The zero-order valence-electron chi connectivity index (χ0n) is 10.2. The average Bonchev–Trinajstić information content (AvgIpc) is 2.77. The highest BCUT2D eigenvalue weighted by Crippen LogP contribution is 2.22. The molecular formula is C12H12FN3OS2. The number of anilines is 1. The van der Waals surface area contributed by atoms with E-state index in [9.17, 15) is 9.18 Å². The predicted octanol–water partition coefficient (Wildman–Crippen LogP) is 3.11. The van der Waals surface area contributed by atoms with Gasteiger partial charge in [0, 0.05) is 17.1 Å².